The molecule has 1 aromatic carbocycles. The van der Waals surface area contributed by atoms with Gasteiger partial charge in [0.15, 0.2) is 11.5 Å². The van der Waals surface area contributed by atoms with Gasteiger partial charge in [-0.15, -0.1) is 0 Å². The SMILES string of the molecule is [2H]C([2H])([2H])Oc1cc2c(cc1OC)C([2H])([2H])C([2H])([2H])N1C([2H])([2H])C([2H])(C([2H])([2H])C(C)(C([2H])([2H])[2H])C([2H])([2H])[2H])C([2H])(O)C([2H])([2H])C21[2H]. The molecule has 24 heavy (non-hydrogen) atoms. The van der Waals surface area contributed by atoms with E-state index in [-0.39, 0.29) is 6.92 Å². The summed E-state index contributed by atoms with van der Waals surface area (Å²) >= 11 is 0. The molecule has 3 unspecified atom stereocenters. The van der Waals surface area contributed by atoms with E-state index >= 15 is 0 Å². The third-order valence-electron chi connectivity index (χ3n) is 3.27. The first-order valence-electron chi connectivity index (χ1n) is 17.8. The Labute approximate surface area is 176 Å². The quantitative estimate of drug-likeness (QED) is 0.902. The molecule has 4 nitrogen and oxygen atoms in total. The number of aryl methyl sites for hydroxylation is 1. The Balaban J connectivity index is 2.65. The molecule has 0 aliphatic carbocycles. The molecule has 0 spiro atoms. The molecule has 3 rings (SSSR count). The van der Waals surface area contributed by atoms with E-state index in [9.17, 15) is 6.48 Å². The van der Waals surface area contributed by atoms with Crippen molar-refractivity contribution in [3.63, 3.8) is 0 Å². The summed E-state index contributed by atoms with van der Waals surface area (Å²) in [6, 6.07) is -2.83. The van der Waals surface area contributed by atoms with Crippen LogP contribution in [0.5, 0.6) is 11.5 Å². The predicted molar refractivity (Wildman–Crippen MR) is 95.7 cm³/mol. The van der Waals surface area contributed by atoms with Gasteiger partial charge in [0.05, 0.1) is 27.1 Å². The minimum Gasteiger partial charge on any atom is -0.493 e. The highest BCUT2D eigenvalue weighted by molar-refractivity contribution is 5.49. The van der Waals surface area contributed by atoms with Crippen LogP contribution in [0.3, 0.4) is 0 Å². The number of hydrogen-bond acceptors (Lipinski definition) is 4. The maximum absolute atomic E-state index is 11.6. The van der Waals surface area contributed by atoms with Gasteiger partial charge < -0.3 is 14.6 Å². The molecule has 3 atom stereocenters. The number of rotatable bonds is 3. The van der Waals surface area contributed by atoms with Gasteiger partial charge in [-0.2, -0.15) is 0 Å². The summed E-state index contributed by atoms with van der Waals surface area (Å²) in [5.74, 6) is -6.14. The Bertz CT molecular complexity index is 1380. The number of hydrogen-bond donors (Lipinski definition) is 1. The van der Waals surface area contributed by atoms with Gasteiger partial charge in [0.25, 0.3) is 0 Å². The van der Waals surface area contributed by atoms with E-state index in [1.54, 1.807) is 0 Å². The molecule has 0 radical (unpaired) electrons. The van der Waals surface area contributed by atoms with E-state index in [0.29, 0.717) is 12.1 Å². The lowest BCUT2D eigenvalue weighted by Gasteiger charge is -2.47. The minimum absolute atomic E-state index is 0.234. The van der Waals surface area contributed by atoms with Gasteiger partial charge >= 0.3 is 0 Å². The topological polar surface area (TPSA) is 41.9 Å². The Morgan fingerprint density at radius 2 is 2.25 bits per heavy atom. The van der Waals surface area contributed by atoms with Gasteiger partial charge in [0.2, 0.25) is 0 Å². The number of ether oxygens (including phenoxy) is 2. The van der Waals surface area contributed by atoms with Crippen molar-refractivity contribution in [3.05, 3.63) is 23.3 Å². The predicted octanol–water partition coefficient (Wildman–Crippen LogP) is 3.42. The molecular formula is C20H31NO3. The molecule has 2 aliphatic heterocycles. The maximum atomic E-state index is 11.6. The van der Waals surface area contributed by atoms with Crippen molar-refractivity contribution in [2.45, 2.75) is 51.8 Å². The highest BCUT2D eigenvalue weighted by Crippen LogP contribution is 2.44. The molecule has 0 saturated carbocycles. The smallest absolute Gasteiger partial charge is 0.161 e. The van der Waals surface area contributed by atoms with Crippen LogP contribution in [0.4, 0.5) is 0 Å². The molecule has 4 heteroatoms. The van der Waals surface area contributed by atoms with Gasteiger partial charge in [0, 0.05) is 42.3 Å². The lowest BCUT2D eigenvalue weighted by Crippen LogP contribution is -2.48. The summed E-state index contributed by atoms with van der Waals surface area (Å²) in [5, 5.41) is 11.6. The molecule has 0 aromatic heterocycles. The zero-order valence-electron chi connectivity index (χ0n) is 34.9. The summed E-state index contributed by atoms with van der Waals surface area (Å²) in [7, 11) is -2.30. The van der Waals surface area contributed by atoms with Gasteiger partial charge in [-0.1, -0.05) is 20.6 Å². The van der Waals surface area contributed by atoms with Crippen LogP contribution in [0.1, 0.15) is 80.7 Å². The Hall–Kier alpha value is -1.26. The molecule has 0 amide bonds. The third kappa shape index (κ3) is 3.40. The Morgan fingerprint density at radius 3 is 2.96 bits per heavy atom. The number of benzene rings is 1. The van der Waals surface area contributed by atoms with Crippen LogP contribution in [0, 0.1) is 11.3 Å². The summed E-state index contributed by atoms with van der Waals surface area (Å²) in [6.45, 7) is -16.3. The molecule has 1 fully saturated rings. The average Bonchev–Trinajstić information content (AvgIpc) is 2.82. The standard InChI is InChI=1S/C20H31NO3/c1-20(2,3)11-14-12-21-7-6-13-8-18(23-4)19(24-5)9-15(13)16(21)10-17(14)22/h8-9,14,16-17,22H,6-7,10-12H2,1-5H3/i1D3,2D3,5D3,6D2,7D2,10D2,11D2,12D2,14D,16D,17D. The van der Waals surface area contributed by atoms with Crippen molar-refractivity contribution in [2.75, 3.05) is 27.1 Å². The highest BCUT2D eigenvalue weighted by Gasteiger charge is 2.39. The van der Waals surface area contributed by atoms with Crippen molar-refractivity contribution >= 4 is 0 Å². The molecule has 0 bridgehead atoms. The lowest BCUT2D eigenvalue weighted by molar-refractivity contribution is -0.0259. The average molecular weight is 356 g/mol. The lowest BCUT2D eigenvalue weighted by atomic mass is 9.75. The number of aliphatic hydroxyl groups is 1. The molecule has 1 N–H and O–H groups in total. The number of methoxy groups -OCH3 is 2. The zero-order chi connectivity index (χ0) is 36.7. The Kier molecular flexibility index (Phi) is 1.35. The fourth-order valence-electron chi connectivity index (χ4n) is 2.27. The summed E-state index contributed by atoms with van der Waals surface area (Å²) in [5.41, 5.74) is -6.03. The number of piperidine rings is 1. The van der Waals surface area contributed by atoms with Crippen LogP contribution in [0.2, 0.25) is 0 Å². The van der Waals surface area contributed by atoms with Crippen molar-refractivity contribution in [1.29, 1.82) is 0 Å². The molecule has 1 aromatic rings. The number of nitrogens with zero attached hydrogens (tertiary/aromatic N) is 1. The fraction of sp³-hybridized carbons (Fsp3) is 0.700. The van der Waals surface area contributed by atoms with E-state index in [0.717, 1.165) is 7.11 Å². The van der Waals surface area contributed by atoms with Crippen molar-refractivity contribution in [1.82, 2.24) is 4.90 Å². The molecule has 2 heterocycles. The molecule has 134 valence electrons. The van der Waals surface area contributed by atoms with Crippen LogP contribution >= 0.6 is 0 Å². The fourth-order valence-corrected chi connectivity index (χ4v) is 2.27. The normalized spacial score (nSPS) is 60.6. The third-order valence-corrected chi connectivity index (χ3v) is 3.27. The van der Waals surface area contributed by atoms with Crippen LogP contribution in [0.25, 0.3) is 0 Å². The zero-order valence-corrected chi connectivity index (χ0v) is 12.9. The van der Waals surface area contributed by atoms with Crippen LogP contribution in [-0.4, -0.2) is 43.2 Å². The summed E-state index contributed by atoms with van der Waals surface area (Å²) in [6.07, 6.45) is -17.2. The van der Waals surface area contributed by atoms with Gasteiger partial charge in [-0.05, 0) is 53.7 Å². The van der Waals surface area contributed by atoms with Crippen molar-refractivity contribution in [3.8, 4) is 11.5 Å². The van der Waals surface area contributed by atoms with Crippen LogP contribution in [0.15, 0.2) is 12.1 Å². The molecule has 2 aliphatic rings. The van der Waals surface area contributed by atoms with E-state index in [1.165, 1.54) is 0 Å². The second-order valence-corrected chi connectivity index (χ2v) is 5.28. The van der Waals surface area contributed by atoms with Gasteiger partial charge in [-0.25, -0.2) is 0 Å². The van der Waals surface area contributed by atoms with Gasteiger partial charge in [0.1, 0.15) is 0 Å². The second kappa shape index (κ2) is 6.57. The second-order valence-electron chi connectivity index (χ2n) is 5.28. The Morgan fingerprint density at radius 1 is 1.46 bits per heavy atom. The molecule has 1 saturated heterocycles. The van der Waals surface area contributed by atoms with E-state index < -0.39 is 104 Å². The van der Waals surface area contributed by atoms with Crippen molar-refractivity contribution < 1.29 is 44.7 Å². The monoisotopic (exact) mass is 355 g/mol. The minimum atomic E-state index is -4.72. The van der Waals surface area contributed by atoms with Crippen molar-refractivity contribution in [2.24, 2.45) is 11.3 Å². The maximum Gasteiger partial charge on any atom is 0.161 e. The largest absolute Gasteiger partial charge is 0.493 e. The van der Waals surface area contributed by atoms with Crippen LogP contribution in [-0.2, 0) is 6.37 Å². The van der Waals surface area contributed by atoms with E-state index in [2.05, 4.69) is 0 Å². The summed E-state index contributed by atoms with van der Waals surface area (Å²) < 4.78 is 195. The first kappa shape index (κ1) is 4.92. The first-order chi connectivity index (χ1) is 19.9. The molecular weight excluding hydrogens is 302 g/mol. The number of fused-ring (bicyclic) bond motifs is 3. The first-order valence-corrected chi connectivity index (χ1v) is 6.82. The van der Waals surface area contributed by atoms with E-state index in [4.69, 9.17) is 38.3 Å². The van der Waals surface area contributed by atoms with Crippen LogP contribution < -0.4 is 9.47 Å². The van der Waals surface area contributed by atoms with Gasteiger partial charge in [-0.3, -0.25) is 4.90 Å². The highest BCUT2D eigenvalue weighted by atomic mass is 16.5. The van der Waals surface area contributed by atoms with E-state index in [1.807, 2.05) is 0 Å². The summed E-state index contributed by atoms with van der Waals surface area (Å²) in [4.78, 5) is -0.631.